The molecule has 2 heterocycles. The number of benzene rings is 2. The van der Waals surface area contributed by atoms with Crippen molar-refractivity contribution in [2.45, 2.75) is 50.5 Å². The van der Waals surface area contributed by atoms with Crippen LogP contribution >= 0.6 is 0 Å². The van der Waals surface area contributed by atoms with Crippen molar-refractivity contribution in [1.29, 1.82) is 0 Å². The molecule has 0 saturated heterocycles. The Morgan fingerprint density at radius 3 is 2.62 bits per heavy atom. The average molecular weight is 578 g/mol. The molecule has 0 fully saturated rings. The number of ether oxygens (including phenoxy) is 2. The van der Waals surface area contributed by atoms with Gasteiger partial charge in [0.05, 0.1) is 32.3 Å². The maximum Gasteiger partial charge on any atom is 0.290 e. The number of aliphatic hydroxyl groups is 3. The lowest BCUT2D eigenvalue weighted by Gasteiger charge is -2.40. The van der Waals surface area contributed by atoms with Crippen LogP contribution in [0, 0.1) is 0 Å². The fraction of sp³-hybridized carbons (Fsp3) is 0.387. The number of carbonyl (C=O) groups is 3. The number of fused-ring (bicyclic) bond motifs is 4. The van der Waals surface area contributed by atoms with Gasteiger partial charge in [0.2, 0.25) is 11.7 Å². The second-order valence-corrected chi connectivity index (χ2v) is 10.4. The van der Waals surface area contributed by atoms with Gasteiger partial charge in [0.25, 0.3) is 5.91 Å². The minimum Gasteiger partial charge on any atom is -0.493 e. The molecule has 11 nitrogen and oxygen atoms in total. The Kier molecular flexibility index (Phi) is 8.62. The summed E-state index contributed by atoms with van der Waals surface area (Å²) in [4.78, 5) is 44.2. The normalized spacial score (nSPS) is 20.7. The van der Waals surface area contributed by atoms with Gasteiger partial charge in [-0.2, -0.15) is 0 Å². The van der Waals surface area contributed by atoms with Crippen LogP contribution in [0.4, 0.5) is 0 Å². The minimum atomic E-state index is -1.31. The number of aromatic amines is 1. The Labute approximate surface area is 242 Å². The fourth-order valence-corrected chi connectivity index (χ4v) is 5.83. The highest BCUT2D eigenvalue weighted by Crippen LogP contribution is 2.51. The lowest BCUT2D eigenvalue weighted by Crippen LogP contribution is -2.57. The van der Waals surface area contributed by atoms with E-state index in [2.05, 4.69) is 10.3 Å². The van der Waals surface area contributed by atoms with Gasteiger partial charge < -0.3 is 40.0 Å². The van der Waals surface area contributed by atoms with Crippen LogP contribution in [-0.4, -0.2) is 87.9 Å². The number of carbonyl (C=O) groups excluding carboxylic acids is 3. The number of rotatable bonds is 11. The first-order valence-electron chi connectivity index (χ1n) is 14.0. The first-order chi connectivity index (χ1) is 20.3. The van der Waals surface area contributed by atoms with Crippen molar-refractivity contribution in [2.75, 3.05) is 26.8 Å². The van der Waals surface area contributed by atoms with Crippen LogP contribution in [-0.2, 0) is 27.4 Å². The van der Waals surface area contributed by atoms with Crippen molar-refractivity contribution in [1.82, 2.24) is 15.2 Å². The van der Waals surface area contributed by atoms with Crippen LogP contribution in [0.25, 0.3) is 10.9 Å². The number of ketones is 1. The molecule has 4 atom stereocenters. The van der Waals surface area contributed by atoms with E-state index in [4.69, 9.17) is 9.47 Å². The smallest absolute Gasteiger partial charge is 0.290 e. The van der Waals surface area contributed by atoms with Gasteiger partial charge in [-0.1, -0.05) is 25.1 Å². The number of amides is 2. The van der Waals surface area contributed by atoms with Gasteiger partial charge in [0.1, 0.15) is 12.2 Å². The Morgan fingerprint density at radius 2 is 1.93 bits per heavy atom. The Hall–Kier alpha value is -4.19. The number of hydrogen-bond donors (Lipinski definition) is 5. The molecule has 0 unspecified atom stereocenters. The largest absolute Gasteiger partial charge is 0.493 e. The molecule has 11 heteroatoms. The molecule has 0 bridgehead atoms. The van der Waals surface area contributed by atoms with Crippen LogP contribution in [0.3, 0.4) is 0 Å². The number of hydrogen-bond acceptors (Lipinski definition) is 8. The zero-order valence-corrected chi connectivity index (χ0v) is 23.5. The predicted octanol–water partition coefficient (Wildman–Crippen LogP) is 1.34. The third-order valence-corrected chi connectivity index (χ3v) is 7.88. The molecule has 5 rings (SSSR count). The SMILES string of the molecule is CCC(=O)C(=O)N(CCc1cc2ccccc2[nH]1)[C@@H]1C=C(C(=O)NCCO)[C@@H]2c3cc(CO)cc(OC)c3O[C@@H]2[C@H]1O. The van der Waals surface area contributed by atoms with E-state index in [0.29, 0.717) is 29.0 Å². The summed E-state index contributed by atoms with van der Waals surface area (Å²) in [5.41, 5.74) is 3.08. The Bertz CT molecular complexity index is 1500. The molecule has 42 heavy (non-hydrogen) atoms. The first-order valence-corrected chi connectivity index (χ1v) is 14.0. The van der Waals surface area contributed by atoms with Crippen molar-refractivity contribution in [2.24, 2.45) is 0 Å². The molecule has 1 aliphatic carbocycles. The van der Waals surface area contributed by atoms with E-state index < -0.39 is 41.8 Å². The second-order valence-electron chi connectivity index (χ2n) is 10.4. The van der Waals surface area contributed by atoms with Gasteiger partial charge in [-0.05, 0) is 41.3 Å². The van der Waals surface area contributed by atoms with Crippen molar-refractivity contribution in [3.05, 3.63) is 70.9 Å². The van der Waals surface area contributed by atoms with Gasteiger partial charge in [-0.25, -0.2) is 0 Å². The van der Waals surface area contributed by atoms with E-state index in [0.717, 1.165) is 16.6 Å². The molecule has 0 saturated carbocycles. The number of para-hydroxylation sites is 1. The van der Waals surface area contributed by atoms with Crippen LogP contribution in [0.2, 0.25) is 0 Å². The number of nitrogens with one attached hydrogen (secondary N) is 2. The van der Waals surface area contributed by atoms with Crippen molar-refractivity contribution in [3.8, 4) is 11.5 Å². The van der Waals surface area contributed by atoms with E-state index in [1.165, 1.54) is 18.1 Å². The summed E-state index contributed by atoms with van der Waals surface area (Å²) in [5.74, 6) is -1.99. The minimum absolute atomic E-state index is 0.00809. The lowest BCUT2D eigenvalue weighted by molar-refractivity contribution is -0.148. The molecular formula is C31H35N3O8. The third kappa shape index (κ3) is 5.38. The van der Waals surface area contributed by atoms with Crippen LogP contribution in [0.15, 0.2) is 54.1 Å². The summed E-state index contributed by atoms with van der Waals surface area (Å²) in [7, 11) is 1.45. The monoisotopic (exact) mass is 577 g/mol. The summed E-state index contributed by atoms with van der Waals surface area (Å²) in [5, 5.41) is 34.6. The van der Waals surface area contributed by atoms with Crippen molar-refractivity contribution >= 4 is 28.5 Å². The van der Waals surface area contributed by atoms with Crippen LogP contribution in [0.5, 0.6) is 11.5 Å². The summed E-state index contributed by atoms with van der Waals surface area (Å²) >= 11 is 0. The number of aromatic nitrogens is 1. The molecule has 0 radical (unpaired) electrons. The zero-order valence-electron chi connectivity index (χ0n) is 23.5. The van der Waals surface area contributed by atoms with Gasteiger partial charge >= 0.3 is 0 Å². The maximum absolute atomic E-state index is 13.5. The molecule has 2 aliphatic rings. The quantitative estimate of drug-likeness (QED) is 0.213. The maximum atomic E-state index is 13.5. The lowest BCUT2D eigenvalue weighted by atomic mass is 9.77. The highest BCUT2D eigenvalue weighted by molar-refractivity contribution is 6.36. The van der Waals surface area contributed by atoms with Gasteiger partial charge in [0, 0.05) is 48.3 Å². The van der Waals surface area contributed by atoms with E-state index in [-0.39, 0.29) is 38.3 Å². The number of nitrogens with zero attached hydrogens (tertiary/aromatic N) is 1. The number of methoxy groups -OCH3 is 1. The van der Waals surface area contributed by atoms with E-state index >= 15 is 0 Å². The summed E-state index contributed by atoms with van der Waals surface area (Å²) in [6.07, 6.45) is -0.444. The molecular weight excluding hydrogens is 542 g/mol. The highest BCUT2D eigenvalue weighted by atomic mass is 16.5. The van der Waals surface area contributed by atoms with Crippen LogP contribution in [0.1, 0.15) is 36.1 Å². The molecule has 2 amide bonds. The number of H-pyrrole nitrogens is 1. The molecule has 1 aromatic heterocycles. The second kappa shape index (κ2) is 12.4. The summed E-state index contributed by atoms with van der Waals surface area (Å²) in [6.45, 7) is 1.11. The van der Waals surface area contributed by atoms with E-state index in [9.17, 15) is 29.7 Å². The van der Waals surface area contributed by atoms with Crippen molar-refractivity contribution < 1.29 is 39.2 Å². The van der Waals surface area contributed by atoms with Crippen LogP contribution < -0.4 is 14.8 Å². The number of aliphatic hydroxyl groups excluding tert-OH is 3. The first kappa shape index (κ1) is 29.3. The van der Waals surface area contributed by atoms with Gasteiger partial charge in [-0.3, -0.25) is 14.4 Å². The Balaban J connectivity index is 1.55. The summed E-state index contributed by atoms with van der Waals surface area (Å²) in [6, 6.07) is 12.0. The van der Waals surface area contributed by atoms with Gasteiger partial charge in [0.15, 0.2) is 11.5 Å². The third-order valence-electron chi connectivity index (χ3n) is 7.88. The van der Waals surface area contributed by atoms with Gasteiger partial charge in [-0.15, -0.1) is 0 Å². The molecule has 0 spiro atoms. The average Bonchev–Trinajstić information content (AvgIpc) is 3.61. The summed E-state index contributed by atoms with van der Waals surface area (Å²) < 4.78 is 11.7. The fourth-order valence-electron chi connectivity index (χ4n) is 5.83. The molecule has 2 aromatic carbocycles. The molecule has 1 aliphatic heterocycles. The van der Waals surface area contributed by atoms with E-state index in [1.54, 1.807) is 19.1 Å². The predicted molar refractivity (Wildman–Crippen MR) is 153 cm³/mol. The van der Waals surface area contributed by atoms with Crippen molar-refractivity contribution in [3.63, 3.8) is 0 Å². The standard InChI is InChI=1S/C31H35N3O8/c1-3-24(37)31(40)34(10-8-19-14-18-6-4-5-7-22(18)33-19)23-15-21(30(39)32-9-11-35)26-20-12-17(16-36)13-25(41-2)28(20)42-29(26)27(23)38/h4-7,12-15,23,26-27,29,33,35-36,38H,3,8-11,16H2,1-2H3,(H,32,39)/t23-,26+,27+,29+/m1/s1. The topological polar surface area (TPSA) is 161 Å². The van der Waals surface area contributed by atoms with E-state index in [1.807, 2.05) is 30.3 Å². The molecule has 3 aromatic rings. The zero-order chi connectivity index (χ0) is 30.0. The Morgan fingerprint density at radius 1 is 1.14 bits per heavy atom. The highest BCUT2D eigenvalue weighted by Gasteiger charge is 2.51. The molecule has 5 N–H and O–H groups in total. The number of Topliss-reactive ketones (excluding diaryl/α,β-unsaturated/α-hetero) is 1. The molecule has 222 valence electrons.